The van der Waals surface area contributed by atoms with Gasteiger partial charge in [0.05, 0.1) is 12.1 Å². The molecule has 2 saturated heterocycles. The maximum atomic E-state index is 13.5. The Morgan fingerprint density at radius 1 is 1.12 bits per heavy atom. The molecule has 4 aliphatic rings. The van der Waals surface area contributed by atoms with Crippen LogP contribution >= 0.6 is 35.3 Å². The number of aliphatic imine (C=N–C) groups is 1. The van der Waals surface area contributed by atoms with Crippen LogP contribution in [0.3, 0.4) is 0 Å². The molecule has 2 amide bonds. The third-order valence-corrected chi connectivity index (χ3v) is 10.6. The molecule has 226 valence electrons. The first-order valence-corrected chi connectivity index (χ1v) is 16.4. The average Bonchev–Trinajstić information content (AvgIpc) is 3.61. The molecular weight excluding hydrogens is 606 g/mol. The van der Waals surface area contributed by atoms with E-state index in [1.807, 2.05) is 34.9 Å². The van der Waals surface area contributed by atoms with E-state index in [4.69, 9.17) is 23.1 Å². The van der Waals surface area contributed by atoms with Gasteiger partial charge in [0.25, 0.3) is 11.8 Å². The van der Waals surface area contributed by atoms with Gasteiger partial charge < -0.3 is 21.7 Å². The Kier molecular flexibility index (Phi) is 8.85. The van der Waals surface area contributed by atoms with Crippen LogP contribution in [-0.4, -0.2) is 80.5 Å². The summed E-state index contributed by atoms with van der Waals surface area (Å²) in [5.41, 5.74) is 11.6. The maximum Gasteiger partial charge on any atom is 0.280 e. The Balaban J connectivity index is 0.989. The summed E-state index contributed by atoms with van der Waals surface area (Å²) in [7, 11) is 0. The molecule has 1 atom stereocenters. The highest BCUT2D eigenvalue weighted by molar-refractivity contribution is 8.04. The lowest BCUT2D eigenvalue weighted by Crippen LogP contribution is -2.57. The van der Waals surface area contributed by atoms with E-state index in [1.165, 1.54) is 4.91 Å². The summed E-state index contributed by atoms with van der Waals surface area (Å²) < 4.78 is 2.41. The summed E-state index contributed by atoms with van der Waals surface area (Å²) >= 11 is 9.63. The van der Waals surface area contributed by atoms with E-state index in [2.05, 4.69) is 54.2 Å². The summed E-state index contributed by atoms with van der Waals surface area (Å²) in [4.78, 5) is 42.8. The number of nitrogens with zero attached hydrogens (tertiary/aromatic N) is 5. The lowest BCUT2D eigenvalue weighted by molar-refractivity contribution is 0.0668. The molecule has 0 saturated carbocycles. The molecule has 0 bridgehead atoms. The van der Waals surface area contributed by atoms with Crippen LogP contribution in [0.15, 0.2) is 57.3 Å². The van der Waals surface area contributed by atoms with E-state index in [0.717, 1.165) is 37.2 Å². The average molecular weight is 640 g/mol. The van der Waals surface area contributed by atoms with Crippen LogP contribution in [0.4, 0.5) is 11.6 Å². The number of hydrogen-bond donors (Lipinski definition) is 4. The van der Waals surface area contributed by atoms with Crippen LogP contribution in [0.1, 0.15) is 53.0 Å². The number of benzene rings is 1. The summed E-state index contributed by atoms with van der Waals surface area (Å²) in [6.07, 6.45) is 11.7. The Labute approximate surface area is 264 Å². The minimum absolute atomic E-state index is 0.0323. The molecule has 1 spiro atoms. The molecule has 4 heterocycles. The lowest BCUT2D eigenvalue weighted by Gasteiger charge is -2.39. The molecule has 0 radical (unpaired) electrons. The highest BCUT2D eigenvalue weighted by atomic mass is 35.5. The zero-order valence-electron chi connectivity index (χ0n) is 23.6. The number of likely N-dealkylation sites (tertiary alicyclic amines) is 1. The van der Waals surface area contributed by atoms with E-state index in [1.54, 1.807) is 11.9 Å². The predicted octanol–water partition coefficient (Wildman–Crippen LogP) is 3.71. The first-order chi connectivity index (χ1) is 20.8. The number of nitrogens with two attached hydrogens (primary N) is 2. The number of guanidine groups is 1. The van der Waals surface area contributed by atoms with Crippen molar-refractivity contribution in [2.75, 3.05) is 44.2 Å². The van der Waals surface area contributed by atoms with Crippen molar-refractivity contribution < 1.29 is 9.59 Å². The summed E-state index contributed by atoms with van der Waals surface area (Å²) in [5.74, 6) is -0.376. The fourth-order valence-corrected chi connectivity index (χ4v) is 8.13. The predicted molar refractivity (Wildman–Crippen MR) is 173 cm³/mol. The van der Waals surface area contributed by atoms with Crippen LogP contribution in [0.5, 0.6) is 0 Å². The second-order valence-electron chi connectivity index (χ2n) is 11.1. The third-order valence-electron chi connectivity index (χ3n) is 7.97. The number of nitrogen functional groups attached to an aromatic ring is 2. The van der Waals surface area contributed by atoms with Gasteiger partial charge in [0.15, 0.2) is 28.4 Å². The van der Waals surface area contributed by atoms with Crippen molar-refractivity contribution in [3.05, 3.63) is 63.8 Å². The van der Waals surface area contributed by atoms with E-state index < -0.39 is 5.91 Å². The lowest BCUT2D eigenvalue weighted by atomic mass is 9.88. The first kappa shape index (κ1) is 29.8. The minimum Gasteiger partial charge on any atom is -0.382 e. The normalized spacial score (nSPS) is 21.4. The molecule has 1 aromatic heterocycles. The number of carbonyl (C=O) groups excluding carboxylic acids is 2. The van der Waals surface area contributed by atoms with Gasteiger partial charge in [0.1, 0.15) is 0 Å². The standard InChI is InChI=1S/C29H34ClN9O2S2/c30-23-25(32)35-24(31)22(34-23)26(40)36-28-33-17-29(37-28)10-13-38(14-11-29)27(41)18-5-4-8-20(15-18)43-39-12-9-21(16-39)42-19-6-2-1-3-7-19/h2,4-8,15,21H,1,3,9-14,16-17H2,(H4,31,32,35)(H2,33,36,37,40). The topological polar surface area (TPSA) is 155 Å². The van der Waals surface area contributed by atoms with Crippen molar-refractivity contribution in [2.24, 2.45) is 4.99 Å². The van der Waals surface area contributed by atoms with Gasteiger partial charge in [-0.3, -0.25) is 19.9 Å². The van der Waals surface area contributed by atoms with Crippen LogP contribution in [0, 0.1) is 0 Å². The second-order valence-corrected chi connectivity index (χ2v) is 14.0. The number of amides is 2. The molecule has 11 nitrogen and oxygen atoms in total. The van der Waals surface area contributed by atoms with Gasteiger partial charge in [0, 0.05) is 46.8 Å². The summed E-state index contributed by atoms with van der Waals surface area (Å²) in [6.45, 7) is 3.72. The van der Waals surface area contributed by atoms with Gasteiger partial charge in [-0.2, -0.15) is 0 Å². The molecule has 3 aliphatic heterocycles. The van der Waals surface area contributed by atoms with Crippen molar-refractivity contribution in [1.82, 2.24) is 29.8 Å². The van der Waals surface area contributed by atoms with Gasteiger partial charge >= 0.3 is 0 Å². The molecule has 1 aromatic carbocycles. The van der Waals surface area contributed by atoms with Crippen molar-refractivity contribution in [1.29, 1.82) is 0 Å². The molecule has 2 aromatic rings. The molecule has 1 aliphatic carbocycles. The molecule has 2 fully saturated rings. The molecule has 14 heteroatoms. The van der Waals surface area contributed by atoms with Gasteiger partial charge in [-0.1, -0.05) is 35.9 Å². The molecule has 1 unspecified atom stereocenters. The molecule has 6 N–H and O–H groups in total. The number of halogens is 1. The van der Waals surface area contributed by atoms with E-state index >= 15 is 0 Å². The van der Waals surface area contributed by atoms with Gasteiger partial charge in [-0.15, -0.1) is 11.8 Å². The molecule has 6 rings (SSSR count). The molecular formula is C29H34ClN9O2S2. The summed E-state index contributed by atoms with van der Waals surface area (Å²) in [6, 6.07) is 7.94. The number of thioether (sulfide) groups is 1. The smallest absolute Gasteiger partial charge is 0.280 e. The number of nitrogens with one attached hydrogen (secondary N) is 2. The Bertz CT molecular complexity index is 1510. The number of piperidine rings is 1. The van der Waals surface area contributed by atoms with Crippen LogP contribution in [0.2, 0.25) is 5.15 Å². The van der Waals surface area contributed by atoms with Crippen molar-refractivity contribution in [2.45, 2.75) is 47.8 Å². The first-order valence-electron chi connectivity index (χ1n) is 14.3. The maximum absolute atomic E-state index is 13.5. The van der Waals surface area contributed by atoms with Crippen molar-refractivity contribution in [3.8, 4) is 0 Å². The number of allylic oxidation sites excluding steroid dienone is 3. The number of anilines is 2. The Morgan fingerprint density at radius 3 is 2.74 bits per heavy atom. The number of rotatable bonds is 6. The number of carbonyl (C=O) groups is 2. The second kappa shape index (κ2) is 12.8. The summed E-state index contributed by atoms with van der Waals surface area (Å²) in [5, 5.41) is 6.54. The van der Waals surface area contributed by atoms with Gasteiger partial charge in [-0.05, 0) is 62.3 Å². The largest absolute Gasteiger partial charge is 0.382 e. The highest BCUT2D eigenvalue weighted by Crippen LogP contribution is 2.36. The monoisotopic (exact) mass is 639 g/mol. The van der Waals surface area contributed by atoms with Crippen LogP contribution in [0.25, 0.3) is 0 Å². The zero-order valence-corrected chi connectivity index (χ0v) is 26.0. The molecule has 43 heavy (non-hydrogen) atoms. The van der Waals surface area contributed by atoms with E-state index in [0.29, 0.717) is 49.2 Å². The van der Waals surface area contributed by atoms with Crippen LogP contribution < -0.4 is 22.1 Å². The fraction of sp³-hybridized carbons (Fsp3) is 0.414. The minimum atomic E-state index is -0.581. The van der Waals surface area contributed by atoms with Gasteiger partial charge in [0.2, 0.25) is 0 Å². The Hall–Kier alpha value is -3.26. The fourth-order valence-electron chi connectivity index (χ4n) is 5.59. The SMILES string of the molecule is Nc1nc(N)c(C(=O)NC2=NCC3(CCN(C(=O)c4cccc(SN5CCC(SC6=CCCC=C6)C5)c4)CC3)N2)nc1Cl. The Morgan fingerprint density at radius 2 is 1.95 bits per heavy atom. The van der Waals surface area contributed by atoms with E-state index in [9.17, 15) is 9.59 Å². The number of hydrogen-bond acceptors (Lipinski definition) is 11. The van der Waals surface area contributed by atoms with Gasteiger partial charge in [-0.25, -0.2) is 14.3 Å². The van der Waals surface area contributed by atoms with Crippen molar-refractivity contribution >= 4 is 64.7 Å². The van der Waals surface area contributed by atoms with E-state index in [-0.39, 0.29) is 33.9 Å². The van der Waals surface area contributed by atoms with Crippen LogP contribution in [-0.2, 0) is 0 Å². The highest BCUT2D eigenvalue weighted by Gasteiger charge is 2.40. The zero-order chi connectivity index (χ0) is 30.0. The van der Waals surface area contributed by atoms with Crippen molar-refractivity contribution in [3.63, 3.8) is 0 Å². The quantitative estimate of drug-likeness (QED) is 0.344. The third kappa shape index (κ3) is 6.95. The number of aromatic nitrogens is 2.